The van der Waals surface area contributed by atoms with Gasteiger partial charge in [-0.3, -0.25) is 9.69 Å². The smallest absolute Gasteiger partial charge is 0.237 e. The topological polar surface area (TPSA) is 44.4 Å². The summed E-state index contributed by atoms with van der Waals surface area (Å²) in [4.78, 5) is 14.3. The van der Waals surface area contributed by atoms with Crippen molar-refractivity contribution in [1.82, 2.24) is 15.5 Å². The molecule has 0 aliphatic carbocycles. The molecule has 0 radical (unpaired) electrons. The molecule has 1 saturated heterocycles. The maximum atomic E-state index is 12.0. The highest BCUT2D eigenvalue weighted by atomic mass is 16.2. The molecule has 1 aliphatic heterocycles. The Kier molecular flexibility index (Phi) is 7.28. The SMILES string of the molecule is CCCCNC(=O)C(C)N1CCC(NCC)CC1. The zero-order chi connectivity index (χ0) is 13.4. The summed E-state index contributed by atoms with van der Waals surface area (Å²) in [5, 5.41) is 6.51. The fourth-order valence-electron chi connectivity index (χ4n) is 2.48. The van der Waals surface area contributed by atoms with E-state index in [1.54, 1.807) is 0 Å². The highest BCUT2D eigenvalue weighted by Gasteiger charge is 2.25. The molecule has 1 aliphatic rings. The third-order valence-corrected chi connectivity index (χ3v) is 3.78. The molecule has 0 spiro atoms. The van der Waals surface area contributed by atoms with Gasteiger partial charge in [-0.2, -0.15) is 0 Å². The first-order valence-electron chi connectivity index (χ1n) is 7.44. The molecule has 1 rings (SSSR count). The lowest BCUT2D eigenvalue weighted by molar-refractivity contribution is -0.126. The summed E-state index contributed by atoms with van der Waals surface area (Å²) in [5.74, 6) is 0.186. The third-order valence-electron chi connectivity index (χ3n) is 3.78. The molecule has 0 saturated carbocycles. The lowest BCUT2D eigenvalue weighted by Crippen LogP contribution is -2.51. The molecule has 1 fully saturated rings. The number of hydrogen-bond donors (Lipinski definition) is 2. The molecule has 0 aromatic carbocycles. The van der Waals surface area contributed by atoms with E-state index in [0.717, 1.165) is 51.9 Å². The minimum Gasteiger partial charge on any atom is -0.355 e. The van der Waals surface area contributed by atoms with Crippen LogP contribution in [0.2, 0.25) is 0 Å². The Morgan fingerprint density at radius 2 is 2.00 bits per heavy atom. The Morgan fingerprint density at radius 3 is 2.56 bits per heavy atom. The summed E-state index contributed by atoms with van der Waals surface area (Å²) in [5.41, 5.74) is 0. The monoisotopic (exact) mass is 255 g/mol. The van der Waals surface area contributed by atoms with Crippen LogP contribution >= 0.6 is 0 Å². The van der Waals surface area contributed by atoms with Gasteiger partial charge in [-0.15, -0.1) is 0 Å². The Bertz CT molecular complexity index is 237. The average molecular weight is 255 g/mol. The van der Waals surface area contributed by atoms with E-state index in [0.29, 0.717) is 6.04 Å². The van der Waals surface area contributed by atoms with Crippen molar-refractivity contribution in [2.24, 2.45) is 0 Å². The van der Waals surface area contributed by atoms with Gasteiger partial charge in [0.25, 0.3) is 0 Å². The van der Waals surface area contributed by atoms with Gasteiger partial charge in [0.15, 0.2) is 0 Å². The van der Waals surface area contributed by atoms with Crippen molar-refractivity contribution < 1.29 is 4.79 Å². The molecule has 2 N–H and O–H groups in total. The number of carbonyl (C=O) groups excluding carboxylic acids is 1. The van der Waals surface area contributed by atoms with Crippen LogP contribution in [0.3, 0.4) is 0 Å². The quantitative estimate of drug-likeness (QED) is 0.675. The standard InChI is InChI=1S/C14H29N3O/c1-4-6-9-16-14(18)12(3)17-10-7-13(8-11-17)15-5-2/h12-13,15H,4-11H2,1-3H3,(H,16,18). The minimum absolute atomic E-state index is 0.0180. The van der Waals surface area contributed by atoms with Crippen LogP contribution in [0.5, 0.6) is 0 Å². The van der Waals surface area contributed by atoms with Crippen molar-refractivity contribution in [2.45, 2.75) is 58.5 Å². The van der Waals surface area contributed by atoms with E-state index in [4.69, 9.17) is 0 Å². The van der Waals surface area contributed by atoms with Crippen molar-refractivity contribution in [3.05, 3.63) is 0 Å². The number of nitrogens with zero attached hydrogens (tertiary/aromatic N) is 1. The molecule has 1 heterocycles. The maximum absolute atomic E-state index is 12.0. The molecule has 1 atom stereocenters. The van der Waals surface area contributed by atoms with Gasteiger partial charge >= 0.3 is 0 Å². The van der Waals surface area contributed by atoms with Gasteiger partial charge < -0.3 is 10.6 Å². The highest BCUT2D eigenvalue weighted by molar-refractivity contribution is 5.81. The molecule has 18 heavy (non-hydrogen) atoms. The van der Waals surface area contributed by atoms with E-state index in [1.807, 2.05) is 6.92 Å². The van der Waals surface area contributed by atoms with E-state index in [-0.39, 0.29) is 11.9 Å². The van der Waals surface area contributed by atoms with Crippen molar-refractivity contribution in [3.63, 3.8) is 0 Å². The number of carbonyl (C=O) groups is 1. The molecule has 4 nitrogen and oxygen atoms in total. The van der Waals surface area contributed by atoms with Gasteiger partial charge in [-0.25, -0.2) is 0 Å². The molecule has 4 heteroatoms. The largest absolute Gasteiger partial charge is 0.355 e. The minimum atomic E-state index is 0.0180. The van der Waals surface area contributed by atoms with Crippen molar-refractivity contribution in [3.8, 4) is 0 Å². The summed E-state index contributed by atoms with van der Waals surface area (Å²) < 4.78 is 0. The maximum Gasteiger partial charge on any atom is 0.237 e. The summed E-state index contributed by atoms with van der Waals surface area (Å²) in [7, 11) is 0. The second-order valence-corrected chi connectivity index (χ2v) is 5.19. The van der Waals surface area contributed by atoms with E-state index in [9.17, 15) is 4.79 Å². The summed E-state index contributed by atoms with van der Waals surface area (Å²) >= 11 is 0. The van der Waals surface area contributed by atoms with E-state index < -0.39 is 0 Å². The predicted octanol–water partition coefficient (Wildman–Crippen LogP) is 1.37. The number of unbranched alkanes of at least 4 members (excludes halogenated alkanes) is 1. The number of amides is 1. The first-order chi connectivity index (χ1) is 8.69. The number of rotatable bonds is 7. The van der Waals surface area contributed by atoms with Crippen molar-refractivity contribution in [2.75, 3.05) is 26.2 Å². The first kappa shape index (κ1) is 15.4. The van der Waals surface area contributed by atoms with Crippen LogP contribution in [-0.4, -0.2) is 49.1 Å². The molecule has 1 amide bonds. The highest BCUT2D eigenvalue weighted by Crippen LogP contribution is 2.13. The van der Waals surface area contributed by atoms with Crippen LogP contribution in [0, 0.1) is 0 Å². The van der Waals surface area contributed by atoms with E-state index in [2.05, 4.69) is 29.4 Å². The number of hydrogen-bond acceptors (Lipinski definition) is 3. The zero-order valence-electron chi connectivity index (χ0n) is 12.2. The third kappa shape index (κ3) is 4.94. The van der Waals surface area contributed by atoms with Gasteiger partial charge in [0.05, 0.1) is 6.04 Å². The van der Waals surface area contributed by atoms with E-state index >= 15 is 0 Å². The lowest BCUT2D eigenvalue weighted by atomic mass is 10.0. The average Bonchev–Trinajstić information content (AvgIpc) is 2.39. The fourth-order valence-corrected chi connectivity index (χ4v) is 2.48. The summed E-state index contributed by atoms with van der Waals surface area (Å²) in [6, 6.07) is 0.658. The Hall–Kier alpha value is -0.610. The van der Waals surface area contributed by atoms with Crippen LogP contribution in [0.1, 0.15) is 46.5 Å². The normalized spacial score (nSPS) is 19.7. The Balaban J connectivity index is 2.26. The van der Waals surface area contributed by atoms with E-state index in [1.165, 1.54) is 0 Å². The van der Waals surface area contributed by atoms with Gasteiger partial charge in [0.1, 0.15) is 0 Å². The predicted molar refractivity (Wildman–Crippen MR) is 75.7 cm³/mol. The van der Waals surface area contributed by atoms with Crippen LogP contribution in [-0.2, 0) is 4.79 Å². The summed E-state index contributed by atoms with van der Waals surface area (Å²) in [6.45, 7) is 10.2. The van der Waals surface area contributed by atoms with Gasteiger partial charge in [0, 0.05) is 25.7 Å². The Morgan fingerprint density at radius 1 is 1.33 bits per heavy atom. The van der Waals surface area contributed by atoms with Crippen LogP contribution in [0.25, 0.3) is 0 Å². The fraction of sp³-hybridized carbons (Fsp3) is 0.929. The molecule has 0 bridgehead atoms. The van der Waals surface area contributed by atoms with Crippen molar-refractivity contribution in [1.29, 1.82) is 0 Å². The molecule has 106 valence electrons. The molecule has 1 unspecified atom stereocenters. The summed E-state index contributed by atoms with van der Waals surface area (Å²) in [6.07, 6.45) is 4.50. The van der Waals surface area contributed by atoms with Gasteiger partial charge in [-0.05, 0) is 32.7 Å². The first-order valence-corrected chi connectivity index (χ1v) is 7.44. The second-order valence-electron chi connectivity index (χ2n) is 5.19. The molecule has 0 aromatic rings. The van der Waals surface area contributed by atoms with Crippen LogP contribution in [0.15, 0.2) is 0 Å². The molecular weight excluding hydrogens is 226 g/mol. The number of likely N-dealkylation sites (tertiary alicyclic amines) is 1. The lowest BCUT2D eigenvalue weighted by Gasteiger charge is -2.35. The van der Waals surface area contributed by atoms with Gasteiger partial charge in [0.2, 0.25) is 5.91 Å². The molecular formula is C14H29N3O. The number of nitrogens with one attached hydrogen (secondary N) is 2. The van der Waals surface area contributed by atoms with Gasteiger partial charge in [-0.1, -0.05) is 20.3 Å². The van der Waals surface area contributed by atoms with Crippen LogP contribution in [0.4, 0.5) is 0 Å². The van der Waals surface area contributed by atoms with Crippen LogP contribution < -0.4 is 10.6 Å². The Labute approximate surface area is 111 Å². The zero-order valence-corrected chi connectivity index (χ0v) is 12.2. The number of piperidine rings is 1. The van der Waals surface area contributed by atoms with Crippen molar-refractivity contribution >= 4 is 5.91 Å². The molecule has 0 aromatic heterocycles. The second kappa shape index (κ2) is 8.48.